The van der Waals surface area contributed by atoms with Crippen molar-refractivity contribution in [3.05, 3.63) is 39.7 Å². The smallest absolute Gasteiger partial charge is 0.292 e. The van der Waals surface area contributed by atoms with Crippen LogP contribution in [0.2, 0.25) is 0 Å². The molecule has 2 aromatic rings. The maximum absolute atomic E-state index is 11.2. The zero-order chi connectivity index (χ0) is 14.8. The van der Waals surface area contributed by atoms with Gasteiger partial charge in [0.1, 0.15) is 5.69 Å². The summed E-state index contributed by atoms with van der Waals surface area (Å²) in [4.78, 5) is 12.9. The molecule has 0 spiro atoms. The Labute approximate surface area is 121 Å². The van der Waals surface area contributed by atoms with Crippen LogP contribution in [-0.2, 0) is 0 Å². The van der Waals surface area contributed by atoms with Gasteiger partial charge in [-0.3, -0.25) is 10.1 Å². The van der Waals surface area contributed by atoms with Crippen LogP contribution in [-0.4, -0.2) is 38.6 Å². The minimum atomic E-state index is -0.327. The number of nitrogens with one attached hydrogen (secondary N) is 1. The molecule has 8 heteroatoms. The molecule has 8 nitrogen and oxygen atoms in total. The Balaban J connectivity index is 1.89. The summed E-state index contributed by atoms with van der Waals surface area (Å²) in [5.74, 6) is 0.827. The average Bonchev–Trinajstić information content (AvgIpc) is 3.01. The first kappa shape index (κ1) is 13.5. The van der Waals surface area contributed by atoms with E-state index in [9.17, 15) is 10.1 Å². The highest BCUT2D eigenvalue weighted by molar-refractivity contribution is 5.64. The van der Waals surface area contributed by atoms with Gasteiger partial charge in [0, 0.05) is 25.1 Å². The van der Waals surface area contributed by atoms with E-state index in [1.165, 1.54) is 0 Å². The lowest BCUT2D eigenvalue weighted by molar-refractivity contribution is -0.384. The van der Waals surface area contributed by atoms with Gasteiger partial charge in [0.05, 0.1) is 4.92 Å². The predicted octanol–water partition coefficient (Wildman–Crippen LogP) is 1.80. The number of H-pyrrole nitrogens is 1. The zero-order valence-corrected chi connectivity index (χ0v) is 11.7. The molecule has 1 N–H and O–H groups in total. The fourth-order valence-electron chi connectivity index (χ4n) is 2.79. The lowest BCUT2D eigenvalue weighted by atomic mass is 9.96. The number of nitro benzene ring substituents is 1. The van der Waals surface area contributed by atoms with Gasteiger partial charge in [-0.15, -0.1) is 10.2 Å². The first-order valence-electron chi connectivity index (χ1n) is 6.88. The van der Waals surface area contributed by atoms with E-state index < -0.39 is 0 Å². The minimum Gasteiger partial charge on any atom is -0.365 e. The lowest BCUT2D eigenvalue weighted by Gasteiger charge is -2.32. The molecule has 1 unspecified atom stereocenters. The second kappa shape index (κ2) is 5.47. The molecule has 1 aromatic carbocycles. The molecule has 0 aliphatic carbocycles. The highest BCUT2D eigenvalue weighted by atomic mass is 16.6. The normalized spacial score (nSPS) is 18.7. The van der Waals surface area contributed by atoms with Gasteiger partial charge in [-0.25, -0.2) is 0 Å². The van der Waals surface area contributed by atoms with Crippen molar-refractivity contribution in [1.82, 2.24) is 20.6 Å². The number of piperidine rings is 1. The summed E-state index contributed by atoms with van der Waals surface area (Å²) in [5, 5.41) is 25.4. The van der Waals surface area contributed by atoms with Crippen molar-refractivity contribution in [2.24, 2.45) is 0 Å². The van der Waals surface area contributed by atoms with E-state index in [1.807, 2.05) is 13.0 Å². The van der Waals surface area contributed by atoms with E-state index >= 15 is 0 Å². The van der Waals surface area contributed by atoms with E-state index in [0.29, 0.717) is 18.1 Å². The molecule has 0 saturated carbocycles. The van der Waals surface area contributed by atoms with Crippen molar-refractivity contribution < 1.29 is 4.92 Å². The summed E-state index contributed by atoms with van der Waals surface area (Å²) in [6.45, 7) is 3.41. The highest BCUT2D eigenvalue weighted by Gasteiger charge is 2.28. The standard InChI is InChI=1S/C13H16N6O2/c1-9-4-5-11(19(20)21)12(7-9)18-6-2-3-10(8-18)13-14-16-17-15-13/h4-5,7,10H,2-3,6,8H2,1H3,(H,14,15,16,17). The predicted molar refractivity (Wildman–Crippen MR) is 76.2 cm³/mol. The van der Waals surface area contributed by atoms with Gasteiger partial charge >= 0.3 is 0 Å². The number of benzene rings is 1. The van der Waals surface area contributed by atoms with Crippen LogP contribution in [0.3, 0.4) is 0 Å². The summed E-state index contributed by atoms with van der Waals surface area (Å²) in [7, 11) is 0. The molecule has 21 heavy (non-hydrogen) atoms. The highest BCUT2D eigenvalue weighted by Crippen LogP contribution is 2.34. The Morgan fingerprint density at radius 3 is 3.05 bits per heavy atom. The third-order valence-corrected chi connectivity index (χ3v) is 3.82. The van der Waals surface area contributed by atoms with Gasteiger partial charge in [0.2, 0.25) is 0 Å². The number of rotatable bonds is 3. The molecule has 1 aromatic heterocycles. The van der Waals surface area contributed by atoms with E-state index in [2.05, 4.69) is 25.5 Å². The Hall–Kier alpha value is -2.51. The van der Waals surface area contributed by atoms with Crippen LogP contribution in [0.1, 0.15) is 30.1 Å². The lowest BCUT2D eigenvalue weighted by Crippen LogP contribution is -2.35. The largest absolute Gasteiger partial charge is 0.365 e. The number of nitrogens with zero attached hydrogens (tertiary/aromatic N) is 5. The Bertz CT molecular complexity index is 642. The number of tetrazole rings is 1. The minimum absolute atomic E-state index is 0.148. The summed E-state index contributed by atoms with van der Waals surface area (Å²) < 4.78 is 0. The summed E-state index contributed by atoms with van der Waals surface area (Å²) in [5.41, 5.74) is 1.83. The SMILES string of the molecule is Cc1ccc([N+](=O)[O-])c(N2CCCC(c3nn[nH]n3)C2)c1. The average molecular weight is 288 g/mol. The number of hydrogen-bond donors (Lipinski definition) is 1. The second-order valence-electron chi connectivity index (χ2n) is 5.30. The van der Waals surface area contributed by atoms with Crippen LogP contribution in [0.25, 0.3) is 0 Å². The van der Waals surface area contributed by atoms with Gasteiger partial charge in [0.15, 0.2) is 5.82 Å². The van der Waals surface area contributed by atoms with E-state index in [4.69, 9.17) is 0 Å². The topological polar surface area (TPSA) is 101 Å². The molecule has 0 radical (unpaired) electrons. The second-order valence-corrected chi connectivity index (χ2v) is 5.30. The van der Waals surface area contributed by atoms with E-state index in [1.54, 1.807) is 12.1 Å². The molecule has 2 heterocycles. The first-order chi connectivity index (χ1) is 10.1. The molecule has 1 saturated heterocycles. The van der Waals surface area contributed by atoms with Crippen LogP contribution < -0.4 is 4.90 Å². The number of aryl methyl sites for hydroxylation is 1. The fraction of sp³-hybridized carbons (Fsp3) is 0.462. The molecular formula is C13H16N6O2. The van der Waals surface area contributed by atoms with Gasteiger partial charge in [-0.05, 0) is 31.4 Å². The Kier molecular flexibility index (Phi) is 3.51. The van der Waals surface area contributed by atoms with Gasteiger partial charge in [-0.1, -0.05) is 11.3 Å². The number of aromatic nitrogens is 4. The summed E-state index contributed by atoms with van der Waals surface area (Å²) >= 11 is 0. The van der Waals surface area contributed by atoms with Crippen LogP contribution in [0.5, 0.6) is 0 Å². The Morgan fingerprint density at radius 2 is 2.33 bits per heavy atom. The molecule has 1 aliphatic heterocycles. The maximum Gasteiger partial charge on any atom is 0.292 e. The van der Waals surface area contributed by atoms with Gasteiger partial charge in [0.25, 0.3) is 5.69 Å². The van der Waals surface area contributed by atoms with Crippen LogP contribution in [0, 0.1) is 17.0 Å². The monoisotopic (exact) mass is 288 g/mol. The number of nitro groups is 1. The number of aromatic amines is 1. The van der Waals surface area contributed by atoms with Crippen molar-refractivity contribution in [1.29, 1.82) is 0 Å². The zero-order valence-electron chi connectivity index (χ0n) is 11.7. The van der Waals surface area contributed by atoms with Gasteiger partial charge in [-0.2, -0.15) is 5.21 Å². The van der Waals surface area contributed by atoms with E-state index in [-0.39, 0.29) is 16.5 Å². The quantitative estimate of drug-likeness (QED) is 0.682. The summed E-state index contributed by atoms with van der Waals surface area (Å²) in [6, 6.07) is 5.21. The fourth-order valence-corrected chi connectivity index (χ4v) is 2.79. The Morgan fingerprint density at radius 1 is 1.48 bits per heavy atom. The molecule has 3 rings (SSSR count). The third-order valence-electron chi connectivity index (χ3n) is 3.82. The van der Waals surface area contributed by atoms with Gasteiger partial charge < -0.3 is 4.90 Å². The van der Waals surface area contributed by atoms with Crippen molar-refractivity contribution in [3.63, 3.8) is 0 Å². The number of anilines is 1. The van der Waals surface area contributed by atoms with Crippen molar-refractivity contribution in [2.75, 3.05) is 18.0 Å². The summed E-state index contributed by atoms with van der Waals surface area (Å²) in [6.07, 6.45) is 1.92. The van der Waals surface area contributed by atoms with Crippen molar-refractivity contribution in [2.45, 2.75) is 25.7 Å². The first-order valence-corrected chi connectivity index (χ1v) is 6.88. The molecular weight excluding hydrogens is 272 g/mol. The van der Waals surface area contributed by atoms with E-state index in [0.717, 1.165) is 24.9 Å². The molecule has 110 valence electrons. The third kappa shape index (κ3) is 2.69. The van der Waals surface area contributed by atoms with Crippen molar-refractivity contribution in [3.8, 4) is 0 Å². The molecule has 1 fully saturated rings. The molecule has 0 amide bonds. The van der Waals surface area contributed by atoms with Crippen LogP contribution in [0.15, 0.2) is 18.2 Å². The molecule has 1 aliphatic rings. The maximum atomic E-state index is 11.2. The number of hydrogen-bond acceptors (Lipinski definition) is 6. The van der Waals surface area contributed by atoms with Crippen LogP contribution >= 0.6 is 0 Å². The van der Waals surface area contributed by atoms with Crippen LogP contribution in [0.4, 0.5) is 11.4 Å². The molecule has 1 atom stereocenters. The van der Waals surface area contributed by atoms with Crippen molar-refractivity contribution >= 4 is 11.4 Å². The molecule has 0 bridgehead atoms.